The van der Waals surface area contributed by atoms with Crippen LogP contribution in [0.2, 0.25) is 0 Å². The second kappa shape index (κ2) is 12.3. The van der Waals surface area contributed by atoms with Gasteiger partial charge in [-0.25, -0.2) is 0 Å². The van der Waals surface area contributed by atoms with Gasteiger partial charge in [0.1, 0.15) is 4.32 Å². The maximum absolute atomic E-state index is 13.2. The fourth-order valence-corrected chi connectivity index (χ4v) is 5.65. The average molecular weight is 547 g/mol. The van der Waals surface area contributed by atoms with E-state index in [0.717, 1.165) is 27.9 Å². The highest BCUT2D eigenvalue weighted by Gasteiger charge is 2.35. The summed E-state index contributed by atoms with van der Waals surface area (Å²) in [6, 6.07) is 20.9. The summed E-state index contributed by atoms with van der Waals surface area (Å²) in [5.41, 5.74) is 4.67. The summed E-state index contributed by atoms with van der Waals surface area (Å²) in [6.45, 7) is 8.07. The van der Waals surface area contributed by atoms with Crippen molar-refractivity contribution in [2.75, 3.05) is 18.5 Å². The van der Waals surface area contributed by atoms with E-state index in [0.29, 0.717) is 27.3 Å². The zero-order valence-corrected chi connectivity index (χ0v) is 23.4. The van der Waals surface area contributed by atoms with Gasteiger partial charge in [-0.3, -0.25) is 14.5 Å². The van der Waals surface area contributed by atoms with Gasteiger partial charge in [-0.1, -0.05) is 66.4 Å². The number of thioether (sulfide) groups is 1. The molecule has 1 N–H and O–H groups in total. The Hall–Kier alpha value is -3.62. The summed E-state index contributed by atoms with van der Waals surface area (Å²) in [4.78, 5) is 27.9. The lowest BCUT2D eigenvalue weighted by atomic mass is 10.1. The number of nitrogens with one attached hydrogen (secondary N) is 1. The number of carbonyl (C=O) groups excluding carboxylic acids is 2. The molecule has 4 rings (SSSR count). The number of rotatable bonds is 9. The Morgan fingerprint density at radius 1 is 1.03 bits per heavy atom. The molecule has 0 unspecified atom stereocenters. The van der Waals surface area contributed by atoms with Crippen molar-refractivity contribution in [1.29, 1.82) is 0 Å². The highest BCUT2D eigenvalue weighted by atomic mass is 32.2. The lowest BCUT2D eigenvalue weighted by molar-refractivity contribution is -0.123. The Morgan fingerprint density at radius 3 is 2.42 bits per heavy atom. The summed E-state index contributed by atoms with van der Waals surface area (Å²) >= 11 is 6.82. The third-order valence-corrected chi connectivity index (χ3v) is 7.25. The predicted octanol–water partition coefficient (Wildman–Crippen LogP) is 6.68. The maximum atomic E-state index is 13.2. The number of nitrogens with zero attached hydrogens (tertiary/aromatic N) is 1. The Labute approximate surface area is 233 Å². The molecular formula is C30H30N2O4S2. The van der Waals surface area contributed by atoms with E-state index in [1.807, 2.05) is 82.3 Å². The number of anilines is 1. The van der Waals surface area contributed by atoms with Crippen LogP contribution in [0.5, 0.6) is 11.5 Å². The first-order chi connectivity index (χ1) is 18.2. The van der Waals surface area contributed by atoms with Gasteiger partial charge in [0.15, 0.2) is 18.1 Å². The predicted molar refractivity (Wildman–Crippen MR) is 158 cm³/mol. The molecule has 196 valence electrons. The van der Waals surface area contributed by atoms with Crippen LogP contribution in [-0.2, 0) is 9.59 Å². The summed E-state index contributed by atoms with van der Waals surface area (Å²) in [5, 5.41) is 2.87. The molecule has 2 amide bonds. The maximum Gasteiger partial charge on any atom is 0.266 e. The number of ether oxygens (including phenoxy) is 2. The molecule has 0 saturated carbocycles. The third-order valence-electron chi connectivity index (χ3n) is 5.92. The van der Waals surface area contributed by atoms with E-state index < -0.39 is 0 Å². The van der Waals surface area contributed by atoms with Crippen molar-refractivity contribution < 1.29 is 19.1 Å². The van der Waals surface area contributed by atoms with E-state index in [4.69, 9.17) is 21.7 Å². The second-order valence-corrected chi connectivity index (χ2v) is 10.7. The van der Waals surface area contributed by atoms with Crippen LogP contribution in [0.1, 0.15) is 42.1 Å². The van der Waals surface area contributed by atoms with E-state index in [-0.39, 0.29) is 24.5 Å². The minimum Gasteiger partial charge on any atom is -0.490 e. The van der Waals surface area contributed by atoms with Crippen molar-refractivity contribution in [3.8, 4) is 11.5 Å². The van der Waals surface area contributed by atoms with Crippen molar-refractivity contribution in [3.63, 3.8) is 0 Å². The first-order valence-corrected chi connectivity index (χ1v) is 13.6. The molecule has 1 aliphatic heterocycles. The van der Waals surface area contributed by atoms with Gasteiger partial charge in [0, 0.05) is 5.69 Å². The topological polar surface area (TPSA) is 67.9 Å². The Morgan fingerprint density at radius 2 is 1.74 bits per heavy atom. The largest absolute Gasteiger partial charge is 0.490 e. The standard InChI is InChI=1S/C30H30N2O4S2/c1-5-35-26-16-22(11-12-25(26)36-18-28(33)31-24-14-19(2)13-20(3)15-24)17-27-29(34)32(30(37)38-27)21(4)23-9-7-6-8-10-23/h6-17,21H,5,18H2,1-4H3,(H,31,33)/b27-17-/t21-/m0/s1. The minimum atomic E-state index is -0.266. The number of carbonyl (C=O) groups is 2. The van der Waals surface area contributed by atoms with Crippen molar-refractivity contribution in [2.24, 2.45) is 0 Å². The van der Waals surface area contributed by atoms with Crippen LogP contribution < -0.4 is 14.8 Å². The van der Waals surface area contributed by atoms with Crippen LogP contribution in [0.15, 0.2) is 71.6 Å². The van der Waals surface area contributed by atoms with Crippen LogP contribution >= 0.6 is 24.0 Å². The van der Waals surface area contributed by atoms with Crippen LogP contribution in [0.4, 0.5) is 5.69 Å². The number of hydrogen-bond acceptors (Lipinski definition) is 6. The Kier molecular flexibility index (Phi) is 8.86. The molecule has 3 aromatic carbocycles. The van der Waals surface area contributed by atoms with Gasteiger partial charge in [0.2, 0.25) is 0 Å². The summed E-state index contributed by atoms with van der Waals surface area (Å²) < 4.78 is 12.1. The first kappa shape index (κ1) is 27.4. The molecule has 0 aromatic heterocycles. The fourth-order valence-electron chi connectivity index (χ4n) is 4.23. The van der Waals surface area contributed by atoms with Crippen molar-refractivity contribution in [3.05, 3.63) is 93.9 Å². The van der Waals surface area contributed by atoms with Crippen LogP contribution in [0, 0.1) is 13.8 Å². The summed E-state index contributed by atoms with van der Waals surface area (Å²) in [5.74, 6) is 0.550. The van der Waals surface area contributed by atoms with Gasteiger partial charge in [0.05, 0.1) is 17.6 Å². The average Bonchev–Trinajstić information content (AvgIpc) is 3.15. The van der Waals surface area contributed by atoms with Gasteiger partial charge in [-0.2, -0.15) is 0 Å². The number of hydrogen-bond donors (Lipinski definition) is 1. The third kappa shape index (κ3) is 6.62. The first-order valence-electron chi connectivity index (χ1n) is 12.3. The van der Waals surface area contributed by atoms with Crippen molar-refractivity contribution >= 4 is 51.9 Å². The molecule has 1 fully saturated rings. The molecule has 6 nitrogen and oxygen atoms in total. The van der Waals surface area contributed by atoms with Gasteiger partial charge < -0.3 is 14.8 Å². The van der Waals surface area contributed by atoms with Crippen LogP contribution in [0.25, 0.3) is 6.08 Å². The molecule has 1 aliphatic rings. The molecule has 0 radical (unpaired) electrons. The van der Waals surface area contributed by atoms with Crippen molar-refractivity contribution in [1.82, 2.24) is 4.90 Å². The van der Waals surface area contributed by atoms with Gasteiger partial charge in [-0.05, 0) is 80.3 Å². The highest BCUT2D eigenvalue weighted by molar-refractivity contribution is 8.26. The Bertz CT molecular complexity index is 1370. The molecule has 0 bridgehead atoms. The minimum absolute atomic E-state index is 0.127. The van der Waals surface area contributed by atoms with E-state index in [2.05, 4.69) is 5.32 Å². The summed E-state index contributed by atoms with van der Waals surface area (Å²) in [7, 11) is 0. The van der Waals surface area contributed by atoms with Gasteiger partial charge in [0.25, 0.3) is 11.8 Å². The van der Waals surface area contributed by atoms with Gasteiger partial charge >= 0.3 is 0 Å². The van der Waals surface area contributed by atoms with Crippen LogP contribution in [-0.4, -0.2) is 34.2 Å². The molecule has 3 aromatic rings. The highest BCUT2D eigenvalue weighted by Crippen LogP contribution is 2.39. The number of thiocarbonyl (C=S) groups is 1. The zero-order chi connectivity index (χ0) is 27.2. The van der Waals surface area contributed by atoms with E-state index in [9.17, 15) is 9.59 Å². The molecule has 38 heavy (non-hydrogen) atoms. The normalized spacial score (nSPS) is 15.1. The molecule has 1 atom stereocenters. The lowest BCUT2D eigenvalue weighted by Gasteiger charge is -2.23. The smallest absolute Gasteiger partial charge is 0.266 e. The van der Waals surface area contributed by atoms with Crippen molar-refractivity contribution in [2.45, 2.75) is 33.7 Å². The molecule has 1 heterocycles. The molecule has 1 saturated heterocycles. The molecule has 0 spiro atoms. The SMILES string of the molecule is CCOc1cc(/C=C2\SC(=S)N([C@@H](C)c3ccccc3)C2=O)ccc1OCC(=O)Nc1cc(C)cc(C)c1. The Balaban J connectivity index is 1.46. The molecule has 8 heteroatoms. The summed E-state index contributed by atoms with van der Waals surface area (Å²) in [6.07, 6.45) is 1.80. The quantitative estimate of drug-likeness (QED) is 0.238. The molecular weight excluding hydrogens is 516 g/mol. The van der Waals surface area contributed by atoms with Gasteiger partial charge in [-0.15, -0.1) is 0 Å². The second-order valence-electron chi connectivity index (χ2n) is 8.99. The number of benzene rings is 3. The fraction of sp³-hybridized carbons (Fsp3) is 0.233. The number of aryl methyl sites for hydroxylation is 2. The van der Waals surface area contributed by atoms with E-state index >= 15 is 0 Å². The molecule has 0 aliphatic carbocycles. The van der Waals surface area contributed by atoms with E-state index in [1.165, 1.54) is 11.8 Å². The number of amides is 2. The lowest BCUT2D eigenvalue weighted by Crippen LogP contribution is -2.30. The van der Waals surface area contributed by atoms with Crippen LogP contribution in [0.3, 0.4) is 0 Å². The monoisotopic (exact) mass is 546 g/mol. The van der Waals surface area contributed by atoms with E-state index in [1.54, 1.807) is 23.1 Å². The zero-order valence-electron chi connectivity index (χ0n) is 21.8.